The van der Waals surface area contributed by atoms with Crippen LogP contribution in [0.2, 0.25) is 0 Å². The summed E-state index contributed by atoms with van der Waals surface area (Å²) in [6.45, 7) is 0.578. The predicted molar refractivity (Wildman–Crippen MR) is 141 cm³/mol. The van der Waals surface area contributed by atoms with Crippen LogP contribution in [0.15, 0.2) is 94.5 Å². The highest BCUT2D eigenvalue weighted by Gasteiger charge is 2.36. The normalized spacial score (nSPS) is 15.9. The summed E-state index contributed by atoms with van der Waals surface area (Å²) >= 11 is 1.27. The van der Waals surface area contributed by atoms with Gasteiger partial charge in [-0.05, 0) is 36.0 Å². The molecule has 0 unspecified atom stereocenters. The Bertz CT molecular complexity index is 1400. The number of amidine groups is 2. The molecule has 0 fully saturated rings. The molecule has 1 amide bonds. The lowest BCUT2D eigenvalue weighted by molar-refractivity contribution is -0.114. The highest BCUT2D eigenvalue weighted by molar-refractivity contribution is 8.27. The van der Waals surface area contributed by atoms with E-state index in [1.807, 2.05) is 72.8 Å². The van der Waals surface area contributed by atoms with Crippen LogP contribution in [0.5, 0.6) is 17.2 Å². The maximum Gasteiger partial charge on any atom is 0.283 e. The average molecular weight is 499 g/mol. The Morgan fingerprint density at radius 1 is 0.889 bits per heavy atom. The topological polar surface area (TPSA) is 96.6 Å². The number of benzene rings is 3. The van der Waals surface area contributed by atoms with E-state index in [-0.39, 0.29) is 18.0 Å². The summed E-state index contributed by atoms with van der Waals surface area (Å²) in [6.07, 6.45) is 1.61. The van der Waals surface area contributed by atoms with Gasteiger partial charge in [-0.15, -0.1) is 0 Å². The lowest BCUT2D eigenvalue weighted by Gasteiger charge is -2.20. The third-order valence-electron chi connectivity index (χ3n) is 5.36. The Labute approximate surface area is 212 Å². The fraction of sp³-hybridized carbons (Fsp3) is 0.111. The minimum absolute atomic E-state index is 0.0299. The molecule has 0 saturated heterocycles. The summed E-state index contributed by atoms with van der Waals surface area (Å²) < 4.78 is 17.0. The van der Waals surface area contributed by atoms with E-state index >= 15 is 0 Å². The number of ether oxygens (including phenoxy) is 3. The first-order valence-corrected chi connectivity index (χ1v) is 12.0. The van der Waals surface area contributed by atoms with Gasteiger partial charge in [0, 0.05) is 11.1 Å². The standard InChI is InChI=1S/C27H22N4O4S/c1-33-22-13-7-8-14-23(22)35-16-15-34-21-12-6-5-11-19(21)17-20-24(28)31-27(29-25(20)32)36-26(30-31)18-9-3-2-4-10-18/h2-14,17,28H,15-16H2,1H3. The molecule has 36 heavy (non-hydrogen) atoms. The number of fused-ring (bicyclic) bond motifs is 1. The van der Waals surface area contributed by atoms with E-state index in [0.717, 1.165) is 5.56 Å². The number of nitrogens with zero attached hydrogens (tertiary/aromatic N) is 3. The van der Waals surface area contributed by atoms with Crippen LogP contribution < -0.4 is 14.2 Å². The maximum atomic E-state index is 12.8. The second kappa shape index (κ2) is 10.5. The van der Waals surface area contributed by atoms with E-state index in [1.54, 1.807) is 19.3 Å². The number of rotatable bonds is 8. The fourth-order valence-corrected chi connectivity index (χ4v) is 4.51. The van der Waals surface area contributed by atoms with E-state index in [0.29, 0.717) is 39.6 Å². The van der Waals surface area contributed by atoms with Crippen LogP contribution in [0.3, 0.4) is 0 Å². The summed E-state index contributed by atoms with van der Waals surface area (Å²) in [6, 6.07) is 24.3. The van der Waals surface area contributed by atoms with Crippen LogP contribution in [0.1, 0.15) is 11.1 Å². The molecule has 0 atom stereocenters. The Hall–Kier alpha value is -4.37. The zero-order valence-corrected chi connectivity index (χ0v) is 20.2. The van der Waals surface area contributed by atoms with E-state index in [1.165, 1.54) is 16.8 Å². The Morgan fingerprint density at radius 2 is 1.53 bits per heavy atom. The lowest BCUT2D eigenvalue weighted by Crippen LogP contribution is -2.35. The van der Waals surface area contributed by atoms with Gasteiger partial charge in [-0.1, -0.05) is 60.7 Å². The molecule has 0 spiro atoms. The number of hydrazone groups is 1. The first kappa shape index (κ1) is 23.4. The van der Waals surface area contributed by atoms with Crippen molar-refractivity contribution in [3.63, 3.8) is 0 Å². The Balaban J connectivity index is 1.31. The van der Waals surface area contributed by atoms with E-state index in [4.69, 9.17) is 19.6 Å². The third kappa shape index (κ3) is 4.87. The molecule has 1 N–H and O–H groups in total. The number of carbonyl (C=O) groups excluding carboxylic acids is 1. The summed E-state index contributed by atoms with van der Waals surface area (Å²) in [5.41, 5.74) is 1.69. The van der Waals surface area contributed by atoms with Gasteiger partial charge in [-0.25, -0.2) is 0 Å². The molecule has 0 aliphatic carbocycles. The minimum atomic E-state index is -0.488. The van der Waals surface area contributed by atoms with Gasteiger partial charge in [0.1, 0.15) is 24.0 Å². The molecule has 0 radical (unpaired) electrons. The average Bonchev–Trinajstić information content (AvgIpc) is 3.34. The van der Waals surface area contributed by atoms with Crippen LogP contribution in [0.25, 0.3) is 6.08 Å². The van der Waals surface area contributed by atoms with E-state index in [9.17, 15) is 4.79 Å². The first-order chi connectivity index (χ1) is 17.6. The highest BCUT2D eigenvalue weighted by atomic mass is 32.2. The smallest absolute Gasteiger partial charge is 0.283 e. The number of hydrogen-bond acceptors (Lipinski definition) is 7. The monoisotopic (exact) mass is 498 g/mol. The fourth-order valence-electron chi connectivity index (χ4n) is 3.62. The molecule has 2 aliphatic rings. The summed E-state index contributed by atoms with van der Waals surface area (Å²) in [5, 5.41) is 15.6. The van der Waals surface area contributed by atoms with Gasteiger partial charge in [0.25, 0.3) is 5.91 Å². The van der Waals surface area contributed by atoms with Gasteiger partial charge in [-0.3, -0.25) is 10.2 Å². The van der Waals surface area contributed by atoms with Crippen LogP contribution >= 0.6 is 11.8 Å². The molecule has 2 aliphatic heterocycles. The quantitative estimate of drug-likeness (QED) is 0.353. The second-order valence-electron chi connectivity index (χ2n) is 7.68. The summed E-state index contributed by atoms with van der Waals surface area (Å²) in [5.74, 6) is 1.33. The van der Waals surface area contributed by atoms with Crippen molar-refractivity contribution in [1.82, 2.24) is 5.01 Å². The van der Waals surface area contributed by atoms with Crippen LogP contribution in [-0.2, 0) is 4.79 Å². The Kier molecular flexibility index (Phi) is 6.81. The van der Waals surface area contributed by atoms with E-state index < -0.39 is 5.91 Å². The zero-order valence-electron chi connectivity index (χ0n) is 19.4. The lowest BCUT2D eigenvalue weighted by atomic mass is 10.1. The van der Waals surface area contributed by atoms with Crippen LogP contribution in [0.4, 0.5) is 0 Å². The maximum absolute atomic E-state index is 12.8. The van der Waals surface area contributed by atoms with Crippen molar-refractivity contribution < 1.29 is 19.0 Å². The molecule has 180 valence electrons. The molecular formula is C27H22N4O4S. The van der Waals surface area contributed by atoms with Crippen molar-refractivity contribution in [3.05, 3.63) is 95.6 Å². The largest absolute Gasteiger partial charge is 0.493 e. The van der Waals surface area contributed by atoms with Crippen LogP contribution in [0, 0.1) is 5.41 Å². The van der Waals surface area contributed by atoms with Crippen molar-refractivity contribution in [2.45, 2.75) is 0 Å². The SMILES string of the molecule is COc1ccccc1OCCOc1ccccc1C=C1C(=N)N2N=C(c3ccccc3)SC2=NC1=O. The van der Waals surface area contributed by atoms with Gasteiger partial charge in [0.05, 0.1) is 12.7 Å². The number of carbonyl (C=O) groups is 1. The van der Waals surface area contributed by atoms with Crippen molar-refractivity contribution in [2.24, 2.45) is 10.1 Å². The molecule has 0 bridgehead atoms. The van der Waals surface area contributed by atoms with Gasteiger partial charge < -0.3 is 14.2 Å². The van der Waals surface area contributed by atoms with Gasteiger partial charge in [0.2, 0.25) is 5.17 Å². The van der Waals surface area contributed by atoms with Crippen molar-refractivity contribution in [2.75, 3.05) is 20.3 Å². The number of nitrogens with one attached hydrogen (secondary N) is 1. The van der Waals surface area contributed by atoms with Gasteiger partial charge >= 0.3 is 0 Å². The molecular weight excluding hydrogens is 476 g/mol. The van der Waals surface area contributed by atoms with Crippen molar-refractivity contribution >= 4 is 39.8 Å². The summed E-state index contributed by atoms with van der Waals surface area (Å²) in [7, 11) is 1.59. The zero-order chi connectivity index (χ0) is 24.9. The molecule has 9 heteroatoms. The molecule has 0 aromatic heterocycles. The van der Waals surface area contributed by atoms with Crippen LogP contribution in [-0.4, -0.2) is 47.3 Å². The molecule has 2 heterocycles. The number of methoxy groups -OCH3 is 1. The molecule has 3 aromatic rings. The molecule has 5 rings (SSSR count). The highest BCUT2D eigenvalue weighted by Crippen LogP contribution is 2.32. The third-order valence-corrected chi connectivity index (χ3v) is 6.32. The van der Waals surface area contributed by atoms with Crippen molar-refractivity contribution in [3.8, 4) is 17.2 Å². The number of thioether (sulfide) groups is 1. The minimum Gasteiger partial charge on any atom is -0.493 e. The molecule has 0 saturated carbocycles. The van der Waals surface area contributed by atoms with Gasteiger partial charge in [-0.2, -0.15) is 15.1 Å². The first-order valence-electron chi connectivity index (χ1n) is 11.2. The van der Waals surface area contributed by atoms with E-state index in [2.05, 4.69) is 10.1 Å². The predicted octanol–water partition coefficient (Wildman–Crippen LogP) is 4.82. The van der Waals surface area contributed by atoms with Gasteiger partial charge in [0.15, 0.2) is 17.3 Å². The Morgan fingerprint density at radius 3 is 2.28 bits per heavy atom. The van der Waals surface area contributed by atoms with Crippen molar-refractivity contribution in [1.29, 1.82) is 5.41 Å². The second-order valence-corrected chi connectivity index (χ2v) is 8.63. The molecule has 3 aromatic carbocycles. The number of amides is 1. The number of hydrogen-bond donors (Lipinski definition) is 1. The summed E-state index contributed by atoms with van der Waals surface area (Å²) in [4.78, 5) is 17.0. The number of aliphatic imine (C=N–C) groups is 1. The number of para-hydroxylation sites is 3. The molecule has 8 nitrogen and oxygen atoms in total.